The number of allylic oxidation sites excluding steroid dienone is 1. The van der Waals surface area contributed by atoms with E-state index in [-0.39, 0.29) is 12.3 Å². The fourth-order valence-corrected chi connectivity index (χ4v) is 3.82. The highest BCUT2D eigenvalue weighted by Gasteiger charge is 2.51. The molecule has 1 N–H and O–H groups in total. The van der Waals surface area contributed by atoms with E-state index >= 15 is 0 Å². The molecule has 2 atom stereocenters. The summed E-state index contributed by atoms with van der Waals surface area (Å²) in [5.41, 5.74) is 1.14. The lowest BCUT2D eigenvalue weighted by atomic mass is 10.2. The topological polar surface area (TPSA) is 34.1 Å². The van der Waals surface area contributed by atoms with Gasteiger partial charge < -0.3 is 15.1 Å². The van der Waals surface area contributed by atoms with Gasteiger partial charge in [-0.1, -0.05) is 36.4 Å². The van der Waals surface area contributed by atoms with Crippen LogP contribution in [0.4, 0.5) is 0 Å². The number of nitrogens with zero attached hydrogens (tertiary/aromatic N) is 4. The summed E-state index contributed by atoms with van der Waals surface area (Å²) in [6.07, 6.45) is 5.78. The maximum atomic E-state index is 5.58. The second kappa shape index (κ2) is 7.27. The Morgan fingerprint density at radius 1 is 1.12 bits per heavy atom. The van der Waals surface area contributed by atoms with Crippen molar-refractivity contribution in [3.63, 3.8) is 0 Å². The van der Waals surface area contributed by atoms with E-state index in [4.69, 9.17) is 24.4 Å². The molecule has 0 radical (unpaired) electrons. The molecule has 2 fully saturated rings. The monoisotopic (exact) mass is 359 g/mol. The average Bonchev–Trinajstić information content (AvgIpc) is 3.04. The number of nitrogens with one attached hydrogen (secondary N) is 1. The smallest absolute Gasteiger partial charge is 0.193 e. The lowest BCUT2D eigenvalue weighted by Gasteiger charge is -2.27. The van der Waals surface area contributed by atoms with E-state index in [0.29, 0.717) is 5.11 Å². The summed E-state index contributed by atoms with van der Waals surface area (Å²) in [5.74, 6) is 0. The first-order valence-corrected chi connectivity index (χ1v) is 8.91. The van der Waals surface area contributed by atoms with Crippen LogP contribution in [0.2, 0.25) is 0 Å². The van der Waals surface area contributed by atoms with Crippen molar-refractivity contribution in [3.8, 4) is 0 Å². The molecule has 0 aliphatic carbocycles. The third-order valence-electron chi connectivity index (χ3n) is 4.21. The minimum Gasteiger partial charge on any atom is -0.337 e. The number of hydrazone groups is 1. The second-order valence-electron chi connectivity index (χ2n) is 5.54. The Bertz CT molecular complexity index is 673. The summed E-state index contributed by atoms with van der Waals surface area (Å²) in [4.78, 5) is 4.32. The molecule has 0 saturated carbocycles. The minimum absolute atomic E-state index is 0.0105. The van der Waals surface area contributed by atoms with E-state index in [1.165, 1.54) is 0 Å². The molecule has 126 valence electrons. The van der Waals surface area contributed by atoms with Crippen LogP contribution < -0.4 is 5.32 Å². The number of benzene rings is 1. The molecular formula is C17H21N5S2. The molecule has 24 heavy (non-hydrogen) atoms. The minimum atomic E-state index is 0.0105. The molecule has 0 amide bonds. The zero-order valence-electron chi connectivity index (χ0n) is 13.8. The van der Waals surface area contributed by atoms with Gasteiger partial charge in [0.2, 0.25) is 0 Å². The van der Waals surface area contributed by atoms with Gasteiger partial charge in [0.15, 0.2) is 16.4 Å². The largest absolute Gasteiger partial charge is 0.337 e. The fraction of sp³-hybridized carbons (Fsp3) is 0.353. The predicted molar refractivity (Wildman–Crippen MR) is 106 cm³/mol. The van der Waals surface area contributed by atoms with Gasteiger partial charge in [-0.25, -0.2) is 5.01 Å². The van der Waals surface area contributed by atoms with Crippen molar-refractivity contribution >= 4 is 47.0 Å². The normalized spacial score (nSPS) is 23.7. The van der Waals surface area contributed by atoms with Crippen LogP contribution in [0, 0.1) is 0 Å². The molecule has 1 aromatic carbocycles. The van der Waals surface area contributed by atoms with Crippen molar-refractivity contribution in [1.29, 1.82) is 0 Å². The summed E-state index contributed by atoms with van der Waals surface area (Å²) in [6.45, 7) is 5.87. The molecule has 0 aromatic heterocycles. The molecule has 1 aromatic rings. The lowest BCUT2D eigenvalue weighted by molar-refractivity contribution is 0.175. The number of fused-ring (bicyclic) bond motifs is 1. The van der Waals surface area contributed by atoms with Gasteiger partial charge in [-0.2, -0.15) is 5.10 Å². The third kappa shape index (κ3) is 3.01. The third-order valence-corrected chi connectivity index (χ3v) is 4.98. The molecule has 7 heteroatoms. The zero-order chi connectivity index (χ0) is 17.1. The number of hydrogen-bond donors (Lipinski definition) is 1. The first kappa shape index (κ1) is 16.9. The Morgan fingerprint density at radius 2 is 1.83 bits per heavy atom. The number of thiocarbonyl (C=S) groups is 2. The molecule has 5 nitrogen and oxygen atoms in total. The van der Waals surface area contributed by atoms with Crippen molar-refractivity contribution in [1.82, 2.24) is 20.1 Å². The predicted octanol–water partition coefficient (Wildman–Crippen LogP) is 2.47. The molecule has 2 aliphatic rings. The molecule has 2 aliphatic heterocycles. The summed E-state index contributed by atoms with van der Waals surface area (Å²) in [7, 11) is 0. The van der Waals surface area contributed by atoms with Gasteiger partial charge in [0.25, 0.3) is 0 Å². The molecule has 0 spiro atoms. The van der Waals surface area contributed by atoms with Crippen molar-refractivity contribution in [2.45, 2.75) is 26.2 Å². The quantitative estimate of drug-likeness (QED) is 0.643. The van der Waals surface area contributed by atoms with Gasteiger partial charge in [-0.15, -0.1) is 0 Å². The number of rotatable bonds is 5. The molecule has 2 saturated heterocycles. The van der Waals surface area contributed by atoms with Crippen LogP contribution in [-0.4, -0.2) is 56.7 Å². The fourth-order valence-electron chi connectivity index (χ4n) is 3.06. The van der Waals surface area contributed by atoms with E-state index < -0.39 is 0 Å². The number of hydrogen-bond acceptors (Lipinski definition) is 3. The van der Waals surface area contributed by atoms with E-state index in [2.05, 4.69) is 46.2 Å². The van der Waals surface area contributed by atoms with E-state index in [1.807, 2.05) is 35.4 Å². The van der Waals surface area contributed by atoms with E-state index in [0.717, 1.165) is 23.8 Å². The Balaban J connectivity index is 1.75. The molecular weight excluding hydrogens is 338 g/mol. The van der Waals surface area contributed by atoms with Gasteiger partial charge in [-0.3, -0.25) is 0 Å². The van der Waals surface area contributed by atoms with Crippen LogP contribution in [0.5, 0.6) is 0 Å². The lowest BCUT2D eigenvalue weighted by Crippen LogP contribution is -2.43. The Labute approximate surface area is 153 Å². The highest BCUT2D eigenvalue weighted by molar-refractivity contribution is 7.80. The van der Waals surface area contributed by atoms with E-state index in [9.17, 15) is 0 Å². The second-order valence-corrected chi connectivity index (χ2v) is 6.29. The Morgan fingerprint density at radius 3 is 2.50 bits per heavy atom. The molecule has 2 heterocycles. The van der Waals surface area contributed by atoms with Crippen LogP contribution in [0.15, 0.2) is 41.5 Å². The molecule has 0 bridgehead atoms. The van der Waals surface area contributed by atoms with Gasteiger partial charge in [0, 0.05) is 19.3 Å². The molecule has 2 unspecified atom stereocenters. The van der Waals surface area contributed by atoms with Crippen molar-refractivity contribution in [2.75, 3.05) is 13.1 Å². The van der Waals surface area contributed by atoms with Crippen LogP contribution in [0.1, 0.15) is 19.4 Å². The summed E-state index contributed by atoms with van der Waals surface area (Å²) in [6, 6.07) is 10.1. The van der Waals surface area contributed by atoms with Gasteiger partial charge in [0.05, 0.1) is 0 Å². The highest BCUT2D eigenvalue weighted by atomic mass is 32.1. The Hall–Kier alpha value is -1.99. The zero-order valence-corrected chi connectivity index (χ0v) is 15.4. The van der Waals surface area contributed by atoms with Gasteiger partial charge in [-0.05, 0) is 49.9 Å². The van der Waals surface area contributed by atoms with E-state index in [1.54, 1.807) is 6.21 Å². The summed E-state index contributed by atoms with van der Waals surface area (Å²) in [5, 5.41) is 11.2. The van der Waals surface area contributed by atoms with Gasteiger partial charge >= 0.3 is 0 Å². The maximum Gasteiger partial charge on any atom is 0.193 e. The highest BCUT2D eigenvalue weighted by Crippen LogP contribution is 2.29. The summed E-state index contributed by atoms with van der Waals surface area (Å²) < 4.78 is 0. The van der Waals surface area contributed by atoms with Crippen molar-refractivity contribution in [3.05, 3.63) is 42.0 Å². The molecule has 3 rings (SSSR count). The first-order valence-electron chi connectivity index (χ1n) is 8.10. The van der Waals surface area contributed by atoms with Crippen LogP contribution in [0.3, 0.4) is 0 Å². The Kier molecular flexibility index (Phi) is 5.11. The van der Waals surface area contributed by atoms with Crippen molar-refractivity contribution < 1.29 is 0 Å². The van der Waals surface area contributed by atoms with Crippen LogP contribution >= 0.6 is 24.4 Å². The van der Waals surface area contributed by atoms with Crippen LogP contribution in [0.25, 0.3) is 6.08 Å². The maximum absolute atomic E-state index is 5.58. The SMILES string of the molecule is CCN1C(=S)N(CC)C2C1NC(=S)N2/N=C/C=C/c1ccccc1. The van der Waals surface area contributed by atoms with Crippen LogP contribution in [-0.2, 0) is 0 Å². The summed E-state index contributed by atoms with van der Waals surface area (Å²) >= 11 is 11.0. The first-order chi connectivity index (χ1) is 11.7. The number of likely N-dealkylation sites (N-methyl/N-ethyl adjacent to an activating group) is 2. The standard InChI is InChI=1S/C17H21N5S2/c1-3-20-14-15(21(4-2)17(20)24)22(16(23)19-14)18-12-8-11-13-9-6-5-7-10-13/h5-12,14-15H,3-4H2,1-2H3,(H,19,23)/b11-8+,18-12+. The average molecular weight is 360 g/mol. The van der Waals surface area contributed by atoms with Crippen molar-refractivity contribution in [2.24, 2.45) is 5.10 Å². The van der Waals surface area contributed by atoms with Gasteiger partial charge in [0.1, 0.15) is 6.17 Å².